The first-order chi connectivity index (χ1) is 16.5. The number of nitrogens with two attached hydrogens (primary N) is 1. The number of isocyanates is 1. The molecule has 4 aromatic carbocycles. The summed E-state index contributed by atoms with van der Waals surface area (Å²) < 4.78 is 0. The highest BCUT2D eigenvalue weighted by atomic mass is 16.3. The number of urea groups is 1. The van der Waals surface area contributed by atoms with Crippen molar-refractivity contribution in [2.45, 2.75) is 0 Å². The molecule has 4 rings (SSSR count). The van der Waals surface area contributed by atoms with Crippen LogP contribution < -0.4 is 16.4 Å². The van der Waals surface area contributed by atoms with E-state index in [4.69, 9.17) is 15.9 Å². The van der Waals surface area contributed by atoms with Gasteiger partial charge in [-0.25, -0.2) is 9.59 Å². The van der Waals surface area contributed by atoms with E-state index >= 15 is 0 Å². The predicted molar refractivity (Wildman–Crippen MR) is 134 cm³/mol. The number of rotatable bonds is 3. The molecule has 0 unspecified atom stereocenters. The third kappa shape index (κ3) is 10.3. The van der Waals surface area contributed by atoms with E-state index in [-0.39, 0.29) is 17.5 Å². The first-order valence-corrected chi connectivity index (χ1v) is 10.1. The van der Waals surface area contributed by atoms with Crippen LogP contribution in [0.5, 0.6) is 11.5 Å². The minimum atomic E-state index is -0.318. The molecule has 0 fully saturated rings. The summed E-state index contributed by atoms with van der Waals surface area (Å²) in [6.45, 7) is 0. The summed E-state index contributed by atoms with van der Waals surface area (Å²) in [6, 6.07) is 30.5. The summed E-state index contributed by atoms with van der Waals surface area (Å²) in [6.07, 6.45) is 1.46. The van der Waals surface area contributed by atoms with Crippen LogP contribution in [0.25, 0.3) is 0 Å². The summed E-state index contributed by atoms with van der Waals surface area (Å²) in [4.78, 5) is 24.7. The lowest BCUT2D eigenvalue weighted by Gasteiger charge is -2.07. The number of anilines is 3. The van der Waals surface area contributed by atoms with Crippen molar-refractivity contribution < 1.29 is 19.8 Å². The average Bonchev–Trinajstić information content (AvgIpc) is 2.85. The van der Waals surface area contributed by atoms with Crippen molar-refractivity contribution in [2.75, 3.05) is 16.4 Å². The number of carbonyl (C=O) groups is 1. The molecule has 0 aliphatic heterocycles. The van der Waals surface area contributed by atoms with Crippen LogP contribution in [0, 0.1) is 0 Å². The Hall–Kier alpha value is -5.07. The zero-order valence-electron chi connectivity index (χ0n) is 18.1. The van der Waals surface area contributed by atoms with Crippen LogP contribution in [0.4, 0.5) is 27.5 Å². The van der Waals surface area contributed by atoms with Crippen LogP contribution in [0.1, 0.15) is 0 Å². The minimum absolute atomic E-state index is 0.166. The number of amides is 2. The van der Waals surface area contributed by atoms with Gasteiger partial charge in [0, 0.05) is 17.1 Å². The Morgan fingerprint density at radius 3 is 1.59 bits per heavy atom. The monoisotopic (exact) mass is 456 g/mol. The van der Waals surface area contributed by atoms with Gasteiger partial charge in [0.15, 0.2) is 0 Å². The topological polar surface area (TPSA) is 137 Å². The van der Waals surface area contributed by atoms with Crippen LogP contribution in [0.3, 0.4) is 0 Å². The number of nitrogen functional groups attached to an aromatic ring is 1. The molecule has 0 heterocycles. The standard InChI is InChI=1S/C13H12N2O2.C7H5NO.C6H7NO/c16-12-8-6-11(7-9-12)15-13(17)14-10-4-2-1-3-5-10;9-6-8-7-4-2-1-3-5-7;7-5-1-3-6(8)4-2-5/h1-9,16H,(H2,14,15,17);1-5H;1-4,8H,7H2. The van der Waals surface area contributed by atoms with Crippen molar-refractivity contribution in [3.8, 4) is 11.5 Å². The van der Waals surface area contributed by atoms with Crippen molar-refractivity contribution in [1.29, 1.82) is 0 Å². The Labute approximate surface area is 197 Å². The van der Waals surface area contributed by atoms with Gasteiger partial charge < -0.3 is 26.6 Å². The molecule has 0 atom stereocenters. The Morgan fingerprint density at radius 2 is 1.12 bits per heavy atom. The molecule has 172 valence electrons. The lowest BCUT2D eigenvalue weighted by molar-refractivity contribution is 0.262. The lowest BCUT2D eigenvalue weighted by atomic mass is 10.3. The zero-order valence-corrected chi connectivity index (χ0v) is 18.1. The van der Waals surface area contributed by atoms with E-state index in [2.05, 4.69) is 15.6 Å². The van der Waals surface area contributed by atoms with Gasteiger partial charge in [0.05, 0.1) is 5.69 Å². The summed E-state index contributed by atoms with van der Waals surface area (Å²) in [5, 5.41) is 23.1. The number of nitrogens with one attached hydrogen (secondary N) is 2. The van der Waals surface area contributed by atoms with Crippen molar-refractivity contribution >= 4 is 34.9 Å². The molecule has 4 aromatic rings. The number of benzene rings is 4. The van der Waals surface area contributed by atoms with E-state index in [1.807, 2.05) is 36.4 Å². The second-order valence-corrected chi connectivity index (χ2v) is 6.62. The van der Waals surface area contributed by atoms with E-state index in [9.17, 15) is 9.59 Å². The second-order valence-electron chi connectivity index (χ2n) is 6.62. The van der Waals surface area contributed by atoms with E-state index in [1.165, 1.54) is 18.2 Å². The lowest BCUT2D eigenvalue weighted by Crippen LogP contribution is -2.19. The van der Waals surface area contributed by atoms with Crippen molar-refractivity contribution in [3.63, 3.8) is 0 Å². The van der Waals surface area contributed by atoms with Gasteiger partial charge in [0.25, 0.3) is 0 Å². The van der Waals surface area contributed by atoms with Crippen molar-refractivity contribution in [1.82, 2.24) is 0 Å². The smallest absolute Gasteiger partial charge is 0.323 e. The quantitative estimate of drug-likeness (QED) is 0.117. The fourth-order valence-corrected chi connectivity index (χ4v) is 2.39. The number of aliphatic imine (C=N–C) groups is 1. The third-order valence-corrected chi connectivity index (χ3v) is 3.98. The number of hydrogen-bond acceptors (Lipinski definition) is 6. The molecule has 0 saturated carbocycles. The fourth-order valence-electron chi connectivity index (χ4n) is 2.39. The maximum absolute atomic E-state index is 11.6. The summed E-state index contributed by atoms with van der Waals surface area (Å²) >= 11 is 0. The number of aromatic hydroxyl groups is 2. The van der Waals surface area contributed by atoms with Crippen LogP contribution in [0.15, 0.2) is 114 Å². The molecule has 6 N–H and O–H groups in total. The Morgan fingerprint density at radius 1 is 0.676 bits per heavy atom. The summed E-state index contributed by atoms with van der Waals surface area (Å²) in [5.74, 6) is 0.415. The van der Waals surface area contributed by atoms with Crippen LogP contribution in [-0.2, 0) is 4.79 Å². The fraction of sp³-hybridized carbons (Fsp3) is 0. The van der Waals surface area contributed by atoms with Gasteiger partial charge in [0.1, 0.15) is 11.5 Å². The highest BCUT2D eigenvalue weighted by Gasteiger charge is 2.01. The normalized spacial score (nSPS) is 9.06. The molecule has 0 aliphatic carbocycles. The third-order valence-electron chi connectivity index (χ3n) is 3.98. The molecule has 8 nitrogen and oxygen atoms in total. The highest BCUT2D eigenvalue weighted by molar-refractivity contribution is 5.99. The SMILES string of the molecule is Nc1ccc(O)cc1.O=C(Nc1ccccc1)Nc1ccc(O)cc1.O=C=Nc1ccccc1. The van der Waals surface area contributed by atoms with Crippen LogP contribution in [0.2, 0.25) is 0 Å². The molecule has 0 spiro atoms. The van der Waals surface area contributed by atoms with Crippen LogP contribution >= 0.6 is 0 Å². The maximum Gasteiger partial charge on any atom is 0.323 e. The summed E-state index contributed by atoms with van der Waals surface area (Å²) in [7, 11) is 0. The zero-order chi connectivity index (χ0) is 24.6. The number of para-hydroxylation sites is 2. The molecule has 8 heteroatoms. The van der Waals surface area contributed by atoms with Gasteiger partial charge in [-0.3, -0.25) is 0 Å². The number of phenolic OH excluding ortho intramolecular Hbond substituents is 2. The molecule has 34 heavy (non-hydrogen) atoms. The number of hydrogen-bond donors (Lipinski definition) is 5. The average molecular weight is 457 g/mol. The molecular formula is C26H24N4O4. The minimum Gasteiger partial charge on any atom is -0.508 e. The largest absolute Gasteiger partial charge is 0.508 e. The number of carbonyl (C=O) groups excluding carboxylic acids is 2. The van der Waals surface area contributed by atoms with Crippen molar-refractivity contribution in [2.24, 2.45) is 4.99 Å². The van der Waals surface area contributed by atoms with Gasteiger partial charge in [-0.15, -0.1) is 0 Å². The van der Waals surface area contributed by atoms with Crippen molar-refractivity contribution in [3.05, 3.63) is 109 Å². The first-order valence-electron chi connectivity index (χ1n) is 10.1. The highest BCUT2D eigenvalue weighted by Crippen LogP contribution is 2.14. The first kappa shape index (κ1) is 25.2. The summed E-state index contributed by atoms with van der Waals surface area (Å²) in [5.41, 5.74) is 7.98. The van der Waals surface area contributed by atoms with E-state index in [1.54, 1.807) is 60.7 Å². The number of phenols is 2. The Balaban J connectivity index is 0.000000201. The Bertz CT molecular complexity index is 1160. The van der Waals surface area contributed by atoms with Gasteiger partial charge in [-0.2, -0.15) is 4.99 Å². The van der Waals surface area contributed by atoms with Crippen LogP contribution in [-0.4, -0.2) is 22.3 Å². The predicted octanol–water partition coefficient (Wildman–Crippen LogP) is 5.66. The molecule has 0 aromatic heterocycles. The second kappa shape index (κ2) is 14.1. The van der Waals surface area contributed by atoms with E-state index in [0.717, 1.165) is 5.69 Å². The van der Waals surface area contributed by atoms with Gasteiger partial charge >= 0.3 is 6.03 Å². The molecule has 0 radical (unpaired) electrons. The van der Waals surface area contributed by atoms with E-state index < -0.39 is 0 Å². The van der Waals surface area contributed by atoms with Gasteiger partial charge in [-0.05, 0) is 72.8 Å². The van der Waals surface area contributed by atoms with Gasteiger partial charge in [0.2, 0.25) is 6.08 Å². The molecule has 0 aliphatic rings. The maximum atomic E-state index is 11.6. The molecule has 2 amide bonds. The molecule has 0 bridgehead atoms. The van der Waals surface area contributed by atoms with E-state index in [0.29, 0.717) is 17.1 Å². The molecule has 0 saturated heterocycles. The van der Waals surface area contributed by atoms with Gasteiger partial charge in [-0.1, -0.05) is 36.4 Å². The Kier molecular flexibility index (Phi) is 10.4. The molecular weight excluding hydrogens is 432 g/mol. The number of nitrogens with zero attached hydrogens (tertiary/aromatic N) is 1.